The molecule has 2 N–H and O–H groups in total. The fourth-order valence-electron chi connectivity index (χ4n) is 2.56. The van der Waals surface area contributed by atoms with E-state index in [1.54, 1.807) is 7.11 Å². The minimum absolute atomic E-state index is 0.0754. The van der Waals surface area contributed by atoms with E-state index in [2.05, 4.69) is 50.0 Å². The van der Waals surface area contributed by atoms with Crippen LogP contribution in [0.5, 0.6) is 5.75 Å². The van der Waals surface area contributed by atoms with Gasteiger partial charge in [0.05, 0.1) is 7.11 Å². The van der Waals surface area contributed by atoms with Gasteiger partial charge in [0.25, 0.3) is 0 Å². The van der Waals surface area contributed by atoms with Gasteiger partial charge in [0.15, 0.2) is 0 Å². The third-order valence-electron chi connectivity index (χ3n) is 3.52. The zero-order valence-corrected chi connectivity index (χ0v) is 13.5. The summed E-state index contributed by atoms with van der Waals surface area (Å²) in [6.07, 6.45) is 1.14. The molecule has 1 aromatic carbocycles. The van der Waals surface area contributed by atoms with Crippen molar-refractivity contribution in [2.24, 2.45) is 5.73 Å². The molecule has 0 heterocycles. The Labute approximate surface area is 123 Å². The third kappa shape index (κ3) is 5.12. The van der Waals surface area contributed by atoms with Crippen LogP contribution in [0.2, 0.25) is 0 Å². The highest BCUT2D eigenvalue weighted by atomic mass is 16.5. The highest BCUT2D eigenvalue weighted by molar-refractivity contribution is 5.31. The first-order chi connectivity index (χ1) is 9.45. The quantitative estimate of drug-likeness (QED) is 0.790. The average molecular weight is 279 g/mol. The number of hydrogen-bond donors (Lipinski definition) is 1. The van der Waals surface area contributed by atoms with Crippen molar-refractivity contribution in [3.63, 3.8) is 0 Å². The van der Waals surface area contributed by atoms with Crippen LogP contribution in [-0.4, -0.2) is 57.2 Å². The predicted molar refractivity (Wildman–Crippen MR) is 85.2 cm³/mol. The number of likely N-dealkylation sites (N-methyl/N-ethyl adjacent to an activating group) is 1. The minimum atomic E-state index is 0.0754. The highest BCUT2D eigenvalue weighted by Gasteiger charge is 2.21. The van der Waals surface area contributed by atoms with Gasteiger partial charge in [0, 0.05) is 12.1 Å². The van der Waals surface area contributed by atoms with E-state index >= 15 is 0 Å². The molecule has 0 saturated heterocycles. The maximum Gasteiger partial charge on any atom is 0.119 e. The fourth-order valence-corrected chi connectivity index (χ4v) is 2.56. The molecule has 0 spiro atoms. The van der Waals surface area contributed by atoms with Crippen LogP contribution in [0.25, 0.3) is 0 Å². The van der Waals surface area contributed by atoms with Gasteiger partial charge in [-0.15, -0.1) is 0 Å². The summed E-state index contributed by atoms with van der Waals surface area (Å²) in [6.45, 7) is 4.18. The van der Waals surface area contributed by atoms with Crippen molar-refractivity contribution < 1.29 is 4.74 Å². The number of nitrogens with zero attached hydrogens (tertiary/aromatic N) is 2. The van der Waals surface area contributed by atoms with Gasteiger partial charge in [0.1, 0.15) is 5.75 Å². The molecule has 0 fully saturated rings. The Bertz CT molecular complexity index is 393. The molecule has 0 aromatic heterocycles. The van der Waals surface area contributed by atoms with Gasteiger partial charge in [0.2, 0.25) is 0 Å². The van der Waals surface area contributed by atoms with E-state index < -0.39 is 0 Å². The Hall–Kier alpha value is -1.10. The van der Waals surface area contributed by atoms with Crippen LogP contribution in [0.15, 0.2) is 24.3 Å². The maximum atomic E-state index is 6.20. The summed E-state index contributed by atoms with van der Waals surface area (Å²) in [6, 6.07) is 8.49. The lowest BCUT2D eigenvalue weighted by Gasteiger charge is -2.32. The summed E-state index contributed by atoms with van der Waals surface area (Å²) < 4.78 is 5.31. The molecule has 2 unspecified atom stereocenters. The number of rotatable bonds is 8. The third-order valence-corrected chi connectivity index (χ3v) is 3.52. The molecule has 1 aromatic rings. The maximum absolute atomic E-state index is 6.20. The summed E-state index contributed by atoms with van der Waals surface area (Å²) >= 11 is 0. The molecule has 0 amide bonds. The lowest BCUT2D eigenvalue weighted by Crippen LogP contribution is -2.38. The topological polar surface area (TPSA) is 41.7 Å². The van der Waals surface area contributed by atoms with Crippen molar-refractivity contribution in [1.82, 2.24) is 9.80 Å². The van der Waals surface area contributed by atoms with Crippen LogP contribution in [0.3, 0.4) is 0 Å². The number of nitrogens with two attached hydrogens (primary N) is 1. The smallest absolute Gasteiger partial charge is 0.119 e. The van der Waals surface area contributed by atoms with Crippen LogP contribution in [0, 0.1) is 0 Å². The molecule has 4 nitrogen and oxygen atoms in total. The highest BCUT2D eigenvalue weighted by Crippen LogP contribution is 2.25. The number of methoxy groups -OCH3 is 1. The van der Waals surface area contributed by atoms with Crippen molar-refractivity contribution in [2.45, 2.75) is 25.4 Å². The second-order valence-electron chi connectivity index (χ2n) is 5.72. The van der Waals surface area contributed by atoms with Crippen LogP contribution < -0.4 is 10.5 Å². The summed E-state index contributed by atoms with van der Waals surface area (Å²) in [5.74, 6) is 0.884. The summed E-state index contributed by atoms with van der Waals surface area (Å²) in [5, 5.41) is 0. The molecule has 20 heavy (non-hydrogen) atoms. The first-order valence-corrected chi connectivity index (χ1v) is 7.20. The van der Waals surface area contributed by atoms with Gasteiger partial charge in [-0.05, 0) is 65.3 Å². The van der Waals surface area contributed by atoms with Crippen LogP contribution in [0.4, 0.5) is 0 Å². The van der Waals surface area contributed by atoms with Crippen LogP contribution in [0.1, 0.15) is 24.9 Å². The molecule has 0 aliphatic carbocycles. The molecule has 4 heteroatoms. The van der Waals surface area contributed by atoms with Gasteiger partial charge < -0.3 is 15.4 Å². The second-order valence-corrected chi connectivity index (χ2v) is 5.72. The first kappa shape index (κ1) is 17.0. The molecule has 0 bridgehead atoms. The lowest BCUT2D eigenvalue weighted by atomic mass is 9.99. The molecule has 2 atom stereocenters. The van der Waals surface area contributed by atoms with E-state index in [9.17, 15) is 0 Å². The summed E-state index contributed by atoms with van der Waals surface area (Å²) in [7, 11) is 8.04. The Morgan fingerprint density at radius 3 is 2.45 bits per heavy atom. The molecule has 0 saturated carbocycles. The van der Waals surface area contributed by atoms with Crippen molar-refractivity contribution in [2.75, 3.05) is 41.3 Å². The standard InChI is InChI=1S/C16H29N3O/c1-13(17)16(19(4)11-7-10-18(2)3)14-8-6-9-15(12-14)20-5/h6,8-9,12-13,16H,7,10-11,17H2,1-5H3. The van der Waals surface area contributed by atoms with Gasteiger partial charge >= 0.3 is 0 Å². The minimum Gasteiger partial charge on any atom is -0.497 e. The van der Waals surface area contributed by atoms with Gasteiger partial charge in [-0.2, -0.15) is 0 Å². The predicted octanol–water partition coefficient (Wildman–Crippen LogP) is 1.97. The van der Waals surface area contributed by atoms with Crippen LogP contribution >= 0.6 is 0 Å². The lowest BCUT2D eigenvalue weighted by molar-refractivity contribution is 0.208. The van der Waals surface area contributed by atoms with E-state index in [0.29, 0.717) is 0 Å². The van der Waals surface area contributed by atoms with E-state index in [1.807, 2.05) is 12.1 Å². The largest absolute Gasteiger partial charge is 0.497 e. The van der Waals surface area contributed by atoms with Crippen molar-refractivity contribution in [3.05, 3.63) is 29.8 Å². The SMILES string of the molecule is COc1cccc(C(C(C)N)N(C)CCCN(C)C)c1. The number of benzene rings is 1. The summed E-state index contributed by atoms with van der Waals surface area (Å²) in [5.41, 5.74) is 7.41. The molecular weight excluding hydrogens is 250 g/mol. The Morgan fingerprint density at radius 2 is 1.90 bits per heavy atom. The summed E-state index contributed by atoms with van der Waals surface area (Å²) in [4.78, 5) is 4.54. The molecule has 0 aliphatic heterocycles. The number of ether oxygens (including phenoxy) is 1. The Balaban J connectivity index is 2.76. The van der Waals surface area contributed by atoms with Gasteiger partial charge in [-0.1, -0.05) is 12.1 Å². The van der Waals surface area contributed by atoms with E-state index in [0.717, 1.165) is 25.3 Å². The van der Waals surface area contributed by atoms with Crippen molar-refractivity contribution in [1.29, 1.82) is 0 Å². The molecule has 114 valence electrons. The molecular formula is C16H29N3O. The van der Waals surface area contributed by atoms with Crippen molar-refractivity contribution in [3.8, 4) is 5.75 Å². The molecule has 1 rings (SSSR count). The second kappa shape index (κ2) is 8.25. The zero-order valence-electron chi connectivity index (χ0n) is 13.5. The van der Waals surface area contributed by atoms with Gasteiger partial charge in [-0.3, -0.25) is 4.90 Å². The van der Waals surface area contributed by atoms with E-state index in [1.165, 1.54) is 5.56 Å². The Kier molecular flexibility index (Phi) is 6.99. The zero-order chi connectivity index (χ0) is 15.1. The molecule has 0 aliphatic rings. The van der Waals surface area contributed by atoms with Crippen molar-refractivity contribution >= 4 is 0 Å². The monoisotopic (exact) mass is 279 g/mol. The normalized spacial score (nSPS) is 14.6. The number of hydrogen-bond acceptors (Lipinski definition) is 4. The first-order valence-electron chi connectivity index (χ1n) is 7.20. The Morgan fingerprint density at radius 1 is 1.20 bits per heavy atom. The fraction of sp³-hybridized carbons (Fsp3) is 0.625. The van der Waals surface area contributed by atoms with Crippen LogP contribution in [-0.2, 0) is 0 Å². The van der Waals surface area contributed by atoms with E-state index in [-0.39, 0.29) is 12.1 Å². The molecule has 0 radical (unpaired) electrons. The average Bonchev–Trinajstić information content (AvgIpc) is 2.38. The van der Waals surface area contributed by atoms with E-state index in [4.69, 9.17) is 10.5 Å². The van der Waals surface area contributed by atoms with Gasteiger partial charge in [-0.25, -0.2) is 0 Å².